The molecule has 1 fully saturated rings. The molecule has 1 aliphatic heterocycles. The summed E-state index contributed by atoms with van der Waals surface area (Å²) < 4.78 is 23.2. The highest BCUT2D eigenvalue weighted by Gasteiger charge is 2.23. The summed E-state index contributed by atoms with van der Waals surface area (Å²) in [5.74, 6) is -0.398. The third-order valence-corrected chi connectivity index (χ3v) is 4.74. The molecule has 0 radical (unpaired) electrons. The van der Waals surface area contributed by atoms with E-state index in [0.717, 1.165) is 12.8 Å². The molecule has 26 heavy (non-hydrogen) atoms. The predicted molar refractivity (Wildman–Crippen MR) is 94.2 cm³/mol. The van der Waals surface area contributed by atoms with E-state index in [0.29, 0.717) is 24.4 Å². The number of nitrogens with zero attached hydrogens (tertiary/aromatic N) is 4. The molecule has 2 aromatic heterocycles. The molecule has 0 spiro atoms. The molecule has 0 bridgehead atoms. The molecule has 1 saturated heterocycles. The van der Waals surface area contributed by atoms with Crippen LogP contribution in [0.3, 0.4) is 0 Å². The van der Waals surface area contributed by atoms with Gasteiger partial charge in [0.1, 0.15) is 5.82 Å². The van der Waals surface area contributed by atoms with Crippen LogP contribution in [0.2, 0.25) is 0 Å². The summed E-state index contributed by atoms with van der Waals surface area (Å²) >= 11 is 0. The summed E-state index contributed by atoms with van der Waals surface area (Å²) in [6.45, 7) is 3.29. The van der Waals surface area contributed by atoms with Crippen LogP contribution in [0.5, 0.6) is 0 Å². The third kappa shape index (κ3) is 2.66. The van der Waals surface area contributed by atoms with Crippen molar-refractivity contribution >= 4 is 11.2 Å². The molecule has 1 atom stereocenters. The predicted octanol–water partition coefficient (Wildman–Crippen LogP) is 1.69. The summed E-state index contributed by atoms with van der Waals surface area (Å²) in [6.07, 6.45) is 3.12. The Bertz CT molecular complexity index is 1060. The van der Waals surface area contributed by atoms with E-state index in [1.54, 1.807) is 10.9 Å². The molecule has 7 nitrogen and oxygen atoms in total. The van der Waals surface area contributed by atoms with Crippen molar-refractivity contribution in [1.82, 2.24) is 18.7 Å². The summed E-state index contributed by atoms with van der Waals surface area (Å²) in [4.78, 5) is 30.4. The van der Waals surface area contributed by atoms with Crippen molar-refractivity contribution in [2.24, 2.45) is 0 Å². The van der Waals surface area contributed by atoms with Crippen LogP contribution < -0.4 is 11.2 Å². The maximum atomic E-state index is 13.3. The van der Waals surface area contributed by atoms with Gasteiger partial charge >= 0.3 is 5.69 Å². The zero-order valence-electron chi connectivity index (χ0n) is 14.4. The molecule has 0 N–H and O–H groups in total. The summed E-state index contributed by atoms with van der Waals surface area (Å²) in [7, 11) is 0. The van der Waals surface area contributed by atoms with E-state index in [1.807, 2.05) is 6.92 Å². The molecule has 3 aromatic rings. The second-order valence-corrected chi connectivity index (χ2v) is 6.35. The van der Waals surface area contributed by atoms with Crippen LogP contribution in [0.15, 0.2) is 40.2 Å². The summed E-state index contributed by atoms with van der Waals surface area (Å²) in [5.41, 5.74) is 0.222. The number of fused-ring (bicyclic) bond motifs is 1. The average molecular weight is 358 g/mol. The zero-order valence-corrected chi connectivity index (χ0v) is 14.4. The number of rotatable bonds is 4. The standard InChI is InChI=1S/C18H19FN4O3/c1-2-21-11-20-16-15(21)17(24)22(10-14-4-3-9-26-14)18(25)23(16)13-7-5-12(19)6-8-13/h5-8,11,14H,2-4,9-10H2,1H3. The lowest BCUT2D eigenvalue weighted by atomic mass is 10.2. The zero-order chi connectivity index (χ0) is 18.3. The van der Waals surface area contributed by atoms with Crippen LogP contribution in [-0.2, 0) is 17.8 Å². The van der Waals surface area contributed by atoms with Crippen molar-refractivity contribution in [3.8, 4) is 5.69 Å². The molecule has 3 heterocycles. The lowest BCUT2D eigenvalue weighted by Crippen LogP contribution is -2.42. The monoisotopic (exact) mass is 358 g/mol. The van der Waals surface area contributed by atoms with Gasteiger partial charge in [0.15, 0.2) is 11.2 Å². The quantitative estimate of drug-likeness (QED) is 0.712. The molecule has 0 amide bonds. The highest BCUT2D eigenvalue weighted by Crippen LogP contribution is 2.16. The first-order chi connectivity index (χ1) is 12.6. The van der Waals surface area contributed by atoms with Crippen molar-refractivity contribution < 1.29 is 9.13 Å². The van der Waals surface area contributed by atoms with Gasteiger partial charge in [-0.15, -0.1) is 0 Å². The van der Waals surface area contributed by atoms with Gasteiger partial charge in [-0.25, -0.2) is 18.7 Å². The van der Waals surface area contributed by atoms with E-state index in [4.69, 9.17) is 4.74 Å². The van der Waals surface area contributed by atoms with Crippen LogP contribution in [0.4, 0.5) is 4.39 Å². The Labute approximate surface area is 148 Å². The maximum Gasteiger partial charge on any atom is 0.337 e. The van der Waals surface area contributed by atoms with Gasteiger partial charge in [-0.1, -0.05) is 0 Å². The molecule has 0 aliphatic carbocycles. The Morgan fingerprint density at radius 3 is 2.69 bits per heavy atom. The highest BCUT2D eigenvalue weighted by atomic mass is 19.1. The Kier molecular flexibility index (Phi) is 4.20. The smallest absolute Gasteiger partial charge is 0.337 e. The number of halogens is 1. The molecule has 1 aromatic carbocycles. The van der Waals surface area contributed by atoms with Crippen LogP contribution in [0, 0.1) is 5.82 Å². The Hall–Kier alpha value is -2.74. The van der Waals surface area contributed by atoms with E-state index in [1.165, 1.54) is 33.4 Å². The molecule has 0 saturated carbocycles. The average Bonchev–Trinajstić information content (AvgIpc) is 3.29. The van der Waals surface area contributed by atoms with Gasteiger partial charge in [-0.3, -0.25) is 9.36 Å². The van der Waals surface area contributed by atoms with Crippen molar-refractivity contribution in [2.45, 2.75) is 39.0 Å². The number of hydrogen-bond donors (Lipinski definition) is 0. The fourth-order valence-electron chi connectivity index (χ4n) is 3.40. The number of ether oxygens (including phenoxy) is 1. The van der Waals surface area contributed by atoms with Gasteiger partial charge in [0.2, 0.25) is 0 Å². The maximum absolute atomic E-state index is 13.3. The number of imidazole rings is 1. The molecular formula is C18H19FN4O3. The van der Waals surface area contributed by atoms with Gasteiger partial charge < -0.3 is 9.30 Å². The lowest BCUT2D eigenvalue weighted by Gasteiger charge is -2.15. The molecule has 136 valence electrons. The molecule has 1 aliphatic rings. The second-order valence-electron chi connectivity index (χ2n) is 6.35. The second kappa shape index (κ2) is 6.53. The molecular weight excluding hydrogens is 339 g/mol. The van der Waals surface area contributed by atoms with Crippen molar-refractivity contribution in [2.75, 3.05) is 6.61 Å². The Balaban J connectivity index is 2.00. The van der Waals surface area contributed by atoms with Crippen molar-refractivity contribution in [1.29, 1.82) is 0 Å². The highest BCUT2D eigenvalue weighted by molar-refractivity contribution is 5.72. The number of benzene rings is 1. The van der Waals surface area contributed by atoms with Gasteiger partial charge in [0, 0.05) is 13.2 Å². The van der Waals surface area contributed by atoms with Crippen LogP contribution in [0.25, 0.3) is 16.9 Å². The fraction of sp³-hybridized carbons (Fsp3) is 0.389. The molecule has 1 unspecified atom stereocenters. The minimum atomic E-state index is -0.494. The van der Waals surface area contributed by atoms with Crippen LogP contribution >= 0.6 is 0 Å². The first-order valence-corrected chi connectivity index (χ1v) is 8.68. The number of aromatic nitrogens is 4. The van der Waals surface area contributed by atoms with Crippen LogP contribution in [0.1, 0.15) is 19.8 Å². The van der Waals surface area contributed by atoms with Gasteiger partial charge in [0.25, 0.3) is 5.56 Å². The Morgan fingerprint density at radius 1 is 1.27 bits per heavy atom. The van der Waals surface area contributed by atoms with Gasteiger partial charge in [0.05, 0.1) is 24.7 Å². The fourth-order valence-corrected chi connectivity index (χ4v) is 3.40. The summed E-state index contributed by atoms with van der Waals surface area (Å²) in [6, 6.07) is 5.56. The van der Waals surface area contributed by atoms with Crippen molar-refractivity contribution in [3.05, 3.63) is 57.2 Å². The number of aryl methyl sites for hydroxylation is 1. The van der Waals surface area contributed by atoms with Crippen molar-refractivity contribution in [3.63, 3.8) is 0 Å². The van der Waals surface area contributed by atoms with E-state index >= 15 is 0 Å². The van der Waals surface area contributed by atoms with E-state index in [2.05, 4.69) is 4.98 Å². The van der Waals surface area contributed by atoms with Crippen LogP contribution in [-0.4, -0.2) is 31.4 Å². The minimum Gasteiger partial charge on any atom is -0.376 e. The minimum absolute atomic E-state index is 0.155. The first kappa shape index (κ1) is 16.7. The SMILES string of the molecule is CCn1cnc2c1c(=O)n(CC1CCCO1)c(=O)n2-c1ccc(F)cc1. The summed E-state index contributed by atoms with van der Waals surface area (Å²) in [5, 5.41) is 0. The van der Waals surface area contributed by atoms with E-state index in [-0.39, 0.29) is 23.9 Å². The number of hydrogen-bond acceptors (Lipinski definition) is 4. The van der Waals surface area contributed by atoms with E-state index in [9.17, 15) is 14.0 Å². The topological polar surface area (TPSA) is 71.1 Å². The normalized spacial score (nSPS) is 17.2. The largest absolute Gasteiger partial charge is 0.376 e. The lowest BCUT2D eigenvalue weighted by molar-refractivity contribution is 0.0950. The van der Waals surface area contributed by atoms with Gasteiger partial charge in [-0.05, 0) is 44.0 Å². The molecule has 4 rings (SSSR count). The van der Waals surface area contributed by atoms with E-state index < -0.39 is 11.5 Å². The van der Waals surface area contributed by atoms with Gasteiger partial charge in [-0.2, -0.15) is 0 Å². The third-order valence-electron chi connectivity index (χ3n) is 4.74. The molecule has 8 heteroatoms. The first-order valence-electron chi connectivity index (χ1n) is 8.68. The Morgan fingerprint density at radius 2 is 2.04 bits per heavy atom.